The molecule has 0 bridgehead atoms. The van der Waals surface area contributed by atoms with Gasteiger partial charge in [-0.15, -0.1) is 23.1 Å². The molecule has 0 spiro atoms. The smallest absolute Gasteiger partial charge is 0.0599 e. The summed E-state index contributed by atoms with van der Waals surface area (Å²) in [5.41, 5.74) is 5.88. The van der Waals surface area contributed by atoms with Crippen LogP contribution in [-0.2, 0) is 0 Å². The maximum atomic E-state index is 5.88. The highest BCUT2D eigenvalue weighted by Crippen LogP contribution is 2.24. The summed E-state index contributed by atoms with van der Waals surface area (Å²) in [6.45, 7) is 2.18. The van der Waals surface area contributed by atoms with E-state index < -0.39 is 0 Å². The Kier molecular flexibility index (Phi) is 4.73. The Hall–Kier alpha value is 0.01000. The topological polar surface area (TPSA) is 26.0 Å². The first kappa shape index (κ1) is 10.1. The molecule has 1 heterocycles. The van der Waals surface area contributed by atoms with Gasteiger partial charge in [0.1, 0.15) is 0 Å². The van der Waals surface area contributed by atoms with Crippen LogP contribution in [0.15, 0.2) is 21.7 Å². The molecule has 1 unspecified atom stereocenters. The SMILES string of the molecule is CCCC(N)CSc1cccs1. The van der Waals surface area contributed by atoms with Crippen molar-refractivity contribution in [2.24, 2.45) is 5.73 Å². The fraction of sp³-hybridized carbons (Fsp3) is 0.556. The Morgan fingerprint density at radius 3 is 3.08 bits per heavy atom. The van der Waals surface area contributed by atoms with Crippen LogP contribution in [0.4, 0.5) is 0 Å². The molecule has 0 aliphatic rings. The van der Waals surface area contributed by atoms with E-state index >= 15 is 0 Å². The molecule has 0 aliphatic carbocycles. The van der Waals surface area contributed by atoms with E-state index in [1.165, 1.54) is 10.6 Å². The highest BCUT2D eigenvalue weighted by Gasteiger charge is 2.02. The Bertz CT molecular complexity index is 196. The van der Waals surface area contributed by atoms with Crippen molar-refractivity contribution in [2.45, 2.75) is 30.0 Å². The predicted octanol–water partition coefficient (Wildman–Crippen LogP) is 2.97. The summed E-state index contributed by atoms with van der Waals surface area (Å²) < 4.78 is 1.38. The number of thiophene rings is 1. The largest absolute Gasteiger partial charge is 0.327 e. The lowest BCUT2D eigenvalue weighted by atomic mass is 10.2. The molecule has 1 aromatic rings. The molecule has 1 aromatic heterocycles. The Morgan fingerprint density at radius 2 is 2.50 bits per heavy atom. The average Bonchev–Trinajstić information content (AvgIpc) is 2.53. The molecule has 1 rings (SSSR count). The quantitative estimate of drug-likeness (QED) is 0.741. The molecule has 0 aliphatic heterocycles. The van der Waals surface area contributed by atoms with Crippen molar-refractivity contribution in [3.8, 4) is 0 Å². The third-order valence-corrected chi connectivity index (χ3v) is 3.91. The highest BCUT2D eigenvalue weighted by molar-refractivity contribution is 8.01. The second-order valence-corrected chi connectivity index (χ2v) is 5.06. The lowest BCUT2D eigenvalue weighted by Gasteiger charge is -2.07. The first-order valence-corrected chi connectivity index (χ1v) is 6.11. The molecular formula is C9H15NS2. The number of nitrogens with two attached hydrogens (primary N) is 1. The second-order valence-electron chi connectivity index (χ2n) is 2.79. The van der Waals surface area contributed by atoms with Crippen LogP contribution >= 0.6 is 23.1 Å². The molecule has 2 N–H and O–H groups in total. The van der Waals surface area contributed by atoms with Gasteiger partial charge >= 0.3 is 0 Å². The summed E-state index contributed by atoms with van der Waals surface area (Å²) in [4.78, 5) is 0. The lowest BCUT2D eigenvalue weighted by molar-refractivity contribution is 0.661. The summed E-state index contributed by atoms with van der Waals surface area (Å²) in [7, 11) is 0. The zero-order valence-corrected chi connectivity index (χ0v) is 8.96. The van der Waals surface area contributed by atoms with Gasteiger partial charge in [0.25, 0.3) is 0 Å². The molecule has 0 saturated carbocycles. The van der Waals surface area contributed by atoms with Gasteiger partial charge < -0.3 is 5.73 Å². The lowest BCUT2D eigenvalue weighted by Crippen LogP contribution is -2.21. The van der Waals surface area contributed by atoms with Crippen molar-refractivity contribution in [3.05, 3.63) is 17.5 Å². The first-order chi connectivity index (χ1) is 5.83. The van der Waals surface area contributed by atoms with Crippen molar-refractivity contribution in [3.63, 3.8) is 0 Å². The van der Waals surface area contributed by atoms with Gasteiger partial charge in [-0.25, -0.2) is 0 Å². The second kappa shape index (κ2) is 5.62. The maximum Gasteiger partial charge on any atom is 0.0599 e. The van der Waals surface area contributed by atoms with Crippen molar-refractivity contribution in [1.82, 2.24) is 0 Å². The standard InChI is InChI=1S/C9H15NS2/c1-2-4-8(10)7-12-9-5-3-6-11-9/h3,5-6,8H,2,4,7,10H2,1H3. The van der Waals surface area contributed by atoms with E-state index in [-0.39, 0.29) is 0 Å². The molecule has 0 fully saturated rings. The van der Waals surface area contributed by atoms with E-state index in [0.29, 0.717) is 6.04 Å². The molecule has 12 heavy (non-hydrogen) atoms. The molecule has 0 aromatic carbocycles. The van der Waals surface area contributed by atoms with Crippen molar-refractivity contribution in [2.75, 3.05) is 5.75 Å². The van der Waals surface area contributed by atoms with Gasteiger partial charge in [0.2, 0.25) is 0 Å². The van der Waals surface area contributed by atoms with Crippen LogP contribution in [0, 0.1) is 0 Å². The van der Waals surface area contributed by atoms with Crippen LogP contribution in [0.2, 0.25) is 0 Å². The van der Waals surface area contributed by atoms with Gasteiger partial charge in [0, 0.05) is 11.8 Å². The molecule has 3 heteroatoms. The summed E-state index contributed by atoms with van der Waals surface area (Å²) >= 11 is 3.66. The molecule has 1 nitrogen and oxygen atoms in total. The number of thioether (sulfide) groups is 1. The highest BCUT2D eigenvalue weighted by atomic mass is 32.2. The van der Waals surface area contributed by atoms with Crippen molar-refractivity contribution in [1.29, 1.82) is 0 Å². The maximum absolute atomic E-state index is 5.88. The molecule has 0 amide bonds. The van der Waals surface area contributed by atoms with E-state index in [0.717, 1.165) is 12.2 Å². The monoisotopic (exact) mass is 201 g/mol. The third-order valence-electron chi connectivity index (χ3n) is 1.59. The zero-order chi connectivity index (χ0) is 8.81. The minimum atomic E-state index is 0.363. The molecule has 1 atom stereocenters. The fourth-order valence-electron chi connectivity index (χ4n) is 0.989. The minimum absolute atomic E-state index is 0.363. The van der Waals surface area contributed by atoms with E-state index in [4.69, 9.17) is 5.73 Å². The normalized spacial score (nSPS) is 13.2. The molecule has 0 radical (unpaired) electrons. The van der Waals surface area contributed by atoms with E-state index in [1.54, 1.807) is 11.3 Å². The van der Waals surface area contributed by atoms with E-state index in [1.807, 2.05) is 11.8 Å². The minimum Gasteiger partial charge on any atom is -0.327 e. The van der Waals surface area contributed by atoms with Gasteiger partial charge in [-0.05, 0) is 17.9 Å². The average molecular weight is 201 g/mol. The van der Waals surface area contributed by atoms with Crippen LogP contribution in [0.1, 0.15) is 19.8 Å². The van der Waals surface area contributed by atoms with Crippen molar-refractivity contribution >= 4 is 23.1 Å². The fourth-order valence-corrected chi connectivity index (χ4v) is 2.80. The van der Waals surface area contributed by atoms with Crippen LogP contribution in [0.25, 0.3) is 0 Å². The predicted molar refractivity (Wildman–Crippen MR) is 57.9 cm³/mol. The van der Waals surface area contributed by atoms with Crippen LogP contribution in [0.5, 0.6) is 0 Å². The summed E-state index contributed by atoms with van der Waals surface area (Å²) in [5, 5.41) is 2.10. The summed E-state index contributed by atoms with van der Waals surface area (Å²) in [5.74, 6) is 1.05. The number of hydrogen-bond acceptors (Lipinski definition) is 3. The Balaban J connectivity index is 2.17. The van der Waals surface area contributed by atoms with Crippen LogP contribution < -0.4 is 5.73 Å². The van der Waals surface area contributed by atoms with Crippen LogP contribution in [-0.4, -0.2) is 11.8 Å². The molecule has 0 saturated heterocycles. The number of hydrogen-bond donors (Lipinski definition) is 1. The van der Waals surface area contributed by atoms with Crippen molar-refractivity contribution < 1.29 is 0 Å². The number of rotatable bonds is 5. The molecular weight excluding hydrogens is 186 g/mol. The third kappa shape index (κ3) is 3.61. The van der Waals surface area contributed by atoms with Gasteiger partial charge in [-0.2, -0.15) is 0 Å². The van der Waals surface area contributed by atoms with Gasteiger partial charge in [-0.1, -0.05) is 19.4 Å². The van der Waals surface area contributed by atoms with Gasteiger partial charge in [-0.3, -0.25) is 0 Å². The zero-order valence-electron chi connectivity index (χ0n) is 7.32. The van der Waals surface area contributed by atoms with E-state index in [2.05, 4.69) is 24.4 Å². The van der Waals surface area contributed by atoms with Gasteiger partial charge in [0.05, 0.1) is 4.21 Å². The Labute approximate surface area is 82.4 Å². The van der Waals surface area contributed by atoms with Crippen LogP contribution in [0.3, 0.4) is 0 Å². The molecule has 68 valence electrons. The summed E-state index contributed by atoms with van der Waals surface area (Å²) in [6, 6.07) is 4.59. The van der Waals surface area contributed by atoms with E-state index in [9.17, 15) is 0 Å². The Morgan fingerprint density at radius 1 is 1.67 bits per heavy atom. The first-order valence-electron chi connectivity index (χ1n) is 4.24. The van der Waals surface area contributed by atoms with Gasteiger partial charge in [0.15, 0.2) is 0 Å². The summed E-state index contributed by atoms with van der Waals surface area (Å²) in [6.07, 6.45) is 2.32.